The van der Waals surface area contributed by atoms with Crippen molar-refractivity contribution < 1.29 is 13.2 Å². The Morgan fingerprint density at radius 3 is 2.71 bits per heavy atom. The fourth-order valence-corrected chi connectivity index (χ4v) is 3.22. The number of hydrazone groups is 1. The Bertz CT molecular complexity index is 836. The van der Waals surface area contributed by atoms with E-state index in [0.29, 0.717) is 17.7 Å². The Labute approximate surface area is 140 Å². The third-order valence-electron chi connectivity index (χ3n) is 3.31. The summed E-state index contributed by atoms with van der Waals surface area (Å²) in [7, 11) is 0. The molecule has 0 saturated heterocycles. The highest BCUT2D eigenvalue weighted by Crippen LogP contribution is 2.30. The van der Waals surface area contributed by atoms with Crippen LogP contribution in [-0.4, -0.2) is 17.4 Å². The molecule has 24 heavy (non-hydrogen) atoms. The first-order chi connectivity index (χ1) is 11.5. The van der Waals surface area contributed by atoms with Gasteiger partial charge in [0.05, 0.1) is 11.4 Å². The van der Waals surface area contributed by atoms with E-state index in [1.54, 1.807) is 17.8 Å². The molecular formula is C16H13F3N4S. The molecule has 0 aromatic heterocycles. The topological polar surface area (TPSA) is 62.8 Å². The average Bonchev–Trinajstić information content (AvgIpc) is 2.56. The smallest absolute Gasteiger partial charge is 0.214 e. The molecule has 3 rings (SSSR count). The molecule has 1 heterocycles. The van der Waals surface area contributed by atoms with Crippen LogP contribution in [0.1, 0.15) is 12.0 Å². The van der Waals surface area contributed by atoms with E-state index in [4.69, 9.17) is 5.73 Å². The van der Waals surface area contributed by atoms with Crippen molar-refractivity contribution in [2.75, 3.05) is 5.75 Å². The van der Waals surface area contributed by atoms with E-state index < -0.39 is 11.6 Å². The maximum atomic E-state index is 13.4. The van der Waals surface area contributed by atoms with Crippen molar-refractivity contribution in [2.24, 2.45) is 15.8 Å². The maximum absolute atomic E-state index is 13.4. The van der Waals surface area contributed by atoms with E-state index >= 15 is 0 Å². The molecule has 124 valence electrons. The summed E-state index contributed by atoms with van der Waals surface area (Å²) in [5.41, 5.74) is 9.78. The van der Waals surface area contributed by atoms with Gasteiger partial charge in [0.15, 0.2) is 11.6 Å². The van der Waals surface area contributed by atoms with Gasteiger partial charge in [-0.1, -0.05) is 0 Å². The molecule has 0 saturated carbocycles. The molecule has 4 nitrogen and oxygen atoms in total. The minimum absolute atomic E-state index is 0.0790. The lowest BCUT2D eigenvalue weighted by atomic mass is 10.1. The molecule has 0 aliphatic carbocycles. The van der Waals surface area contributed by atoms with Crippen LogP contribution >= 0.6 is 11.8 Å². The Balaban J connectivity index is 1.79. The van der Waals surface area contributed by atoms with Crippen molar-refractivity contribution in [1.29, 1.82) is 0 Å². The summed E-state index contributed by atoms with van der Waals surface area (Å²) in [6.07, 6.45) is 0.645. The second kappa shape index (κ2) is 6.96. The number of fused-ring (bicyclic) bond motifs is 1. The van der Waals surface area contributed by atoms with Crippen LogP contribution in [0.2, 0.25) is 0 Å². The number of nitrogens with two attached hydrogens (primary N) is 1. The zero-order valence-electron chi connectivity index (χ0n) is 12.4. The van der Waals surface area contributed by atoms with Crippen molar-refractivity contribution >= 4 is 29.1 Å². The summed E-state index contributed by atoms with van der Waals surface area (Å²) < 4.78 is 39.4. The van der Waals surface area contributed by atoms with Gasteiger partial charge in [0.25, 0.3) is 0 Å². The number of halogens is 3. The molecule has 3 N–H and O–H groups in total. The quantitative estimate of drug-likeness (QED) is 0.495. The van der Waals surface area contributed by atoms with Gasteiger partial charge in [-0.25, -0.2) is 23.6 Å². The highest BCUT2D eigenvalue weighted by atomic mass is 32.2. The van der Waals surface area contributed by atoms with Gasteiger partial charge in [-0.15, -0.1) is 11.8 Å². The lowest BCUT2D eigenvalue weighted by Gasteiger charge is -2.17. The molecule has 0 unspecified atom stereocenters. The molecular weight excluding hydrogens is 337 g/mol. The molecule has 0 spiro atoms. The fraction of sp³-hybridized carbons (Fsp3) is 0.125. The van der Waals surface area contributed by atoms with E-state index in [1.165, 1.54) is 18.2 Å². The zero-order chi connectivity index (χ0) is 17.1. The summed E-state index contributed by atoms with van der Waals surface area (Å²) in [5, 5.41) is 4.16. The third-order valence-corrected chi connectivity index (χ3v) is 4.38. The molecule has 8 heteroatoms. The van der Waals surface area contributed by atoms with Gasteiger partial charge in [-0.3, -0.25) is 0 Å². The second-order valence-electron chi connectivity index (χ2n) is 5.00. The van der Waals surface area contributed by atoms with E-state index in [-0.39, 0.29) is 17.5 Å². The summed E-state index contributed by atoms with van der Waals surface area (Å²) in [6, 6.07) is 7.72. The predicted molar refractivity (Wildman–Crippen MR) is 89.1 cm³/mol. The molecule has 0 bridgehead atoms. The van der Waals surface area contributed by atoms with Gasteiger partial charge < -0.3 is 5.73 Å². The monoisotopic (exact) mass is 350 g/mol. The second-order valence-corrected chi connectivity index (χ2v) is 6.14. The van der Waals surface area contributed by atoms with Gasteiger partial charge >= 0.3 is 0 Å². The standard InChI is InChI=1S/C16H13F3N4S/c17-9-1-4-15-11(7-9)14(5-6-24-15)22-23-16(20)21-10-2-3-12(18)13(19)8-10/h1-4,7-8H,5-6H2,(H3,20,21,23)/b22-14+. The number of benzene rings is 2. The number of hydrogen-bond donors (Lipinski definition) is 2. The van der Waals surface area contributed by atoms with Crippen molar-refractivity contribution in [3.05, 3.63) is 59.4 Å². The first kappa shape index (κ1) is 16.4. The van der Waals surface area contributed by atoms with Gasteiger partial charge in [-0.2, -0.15) is 5.10 Å². The van der Waals surface area contributed by atoms with E-state index in [9.17, 15) is 13.2 Å². The fourth-order valence-electron chi connectivity index (χ4n) is 2.21. The molecule has 2 aromatic rings. The largest absolute Gasteiger partial charge is 0.368 e. The molecule has 0 amide bonds. The van der Waals surface area contributed by atoms with Gasteiger partial charge in [0.2, 0.25) is 5.96 Å². The van der Waals surface area contributed by atoms with Crippen molar-refractivity contribution in [3.8, 4) is 0 Å². The van der Waals surface area contributed by atoms with E-state index in [1.807, 2.05) is 0 Å². The average molecular weight is 350 g/mol. The van der Waals surface area contributed by atoms with Crippen LogP contribution in [0.3, 0.4) is 0 Å². The van der Waals surface area contributed by atoms with Gasteiger partial charge in [-0.05, 0) is 30.3 Å². The number of hydrogen-bond acceptors (Lipinski definition) is 3. The van der Waals surface area contributed by atoms with Crippen LogP contribution in [0.5, 0.6) is 0 Å². The minimum atomic E-state index is -1.01. The Morgan fingerprint density at radius 1 is 1.08 bits per heavy atom. The first-order valence-corrected chi connectivity index (χ1v) is 8.06. The van der Waals surface area contributed by atoms with Crippen LogP contribution in [0.15, 0.2) is 51.4 Å². The third kappa shape index (κ3) is 3.70. The minimum Gasteiger partial charge on any atom is -0.368 e. The number of aliphatic imine (C=N–C) groups is 1. The molecule has 1 aliphatic heterocycles. The van der Waals surface area contributed by atoms with Crippen molar-refractivity contribution in [3.63, 3.8) is 0 Å². The molecule has 1 aliphatic rings. The van der Waals surface area contributed by atoms with E-state index in [0.717, 1.165) is 22.8 Å². The molecule has 0 radical (unpaired) electrons. The number of nitrogens with one attached hydrogen (secondary N) is 1. The summed E-state index contributed by atoms with van der Waals surface area (Å²) in [5.74, 6) is -1.57. The number of rotatable bonds is 2. The highest BCUT2D eigenvalue weighted by Gasteiger charge is 2.17. The summed E-state index contributed by atoms with van der Waals surface area (Å²) >= 11 is 1.63. The molecule has 0 atom stereocenters. The van der Waals surface area contributed by atoms with Crippen LogP contribution in [0.25, 0.3) is 0 Å². The lowest BCUT2D eigenvalue weighted by molar-refractivity contribution is 0.509. The van der Waals surface area contributed by atoms with Crippen molar-refractivity contribution in [1.82, 2.24) is 5.43 Å². The van der Waals surface area contributed by atoms with Crippen LogP contribution in [-0.2, 0) is 0 Å². The van der Waals surface area contributed by atoms with Gasteiger partial charge in [0.1, 0.15) is 5.82 Å². The number of thioether (sulfide) groups is 1. The molecule has 0 fully saturated rings. The number of nitrogens with zero attached hydrogens (tertiary/aromatic N) is 2. The Kier molecular flexibility index (Phi) is 4.75. The van der Waals surface area contributed by atoms with Crippen LogP contribution in [0.4, 0.5) is 18.9 Å². The van der Waals surface area contributed by atoms with Crippen molar-refractivity contribution in [2.45, 2.75) is 11.3 Å². The molecule has 2 aromatic carbocycles. The summed E-state index contributed by atoms with van der Waals surface area (Å²) in [6.45, 7) is 0. The Morgan fingerprint density at radius 2 is 1.92 bits per heavy atom. The summed E-state index contributed by atoms with van der Waals surface area (Å²) in [4.78, 5) is 4.85. The SMILES string of the molecule is NC(=Nc1ccc(F)c(F)c1)N/N=C1\CCSc2ccc(F)cc21. The first-order valence-electron chi connectivity index (χ1n) is 7.07. The van der Waals surface area contributed by atoms with Gasteiger partial charge in [0, 0.05) is 28.7 Å². The number of guanidine groups is 1. The van der Waals surface area contributed by atoms with Crippen LogP contribution in [0, 0.1) is 17.5 Å². The highest BCUT2D eigenvalue weighted by molar-refractivity contribution is 7.99. The normalized spacial score (nSPS) is 16.1. The van der Waals surface area contributed by atoms with Crippen LogP contribution < -0.4 is 11.2 Å². The predicted octanol–water partition coefficient (Wildman–Crippen LogP) is 3.54. The maximum Gasteiger partial charge on any atom is 0.214 e. The zero-order valence-corrected chi connectivity index (χ0v) is 13.2. The lowest BCUT2D eigenvalue weighted by Crippen LogP contribution is -2.28. The van der Waals surface area contributed by atoms with E-state index in [2.05, 4.69) is 15.5 Å². The Hall–Kier alpha value is -2.48.